The van der Waals surface area contributed by atoms with Crippen LogP contribution in [0.2, 0.25) is 0 Å². The van der Waals surface area contributed by atoms with Gasteiger partial charge >= 0.3 is 18.1 Å². The summed E-state index contributed by atoms with van der Waals surface area (Å²) in [4.78, 5) is 35.9. The molecule has 0 aliphatic heterocycles. The molecule has 3 rings (SSSR count). The Hall–Kier alpha value is -4.53. The highest BCUT2D eigenvalue weighted by molar-refractivity contribution is 5.91. The third-order valence-corrected chi connectivity index (χ3v) is 6.79. The number of benzene rings is 3. The maximum absolute atomic E-state index is 12.6. The highest BCUT2D eigenvalue weighted by Gasteiger charge is 2.12. The second-order valence-corrected chi connectivity index (χ2v) is 10.3. The van der Waals surface area contributed by atoms with E-state index in [2.05, 4.69) is 0 Å². The van der Waals surface area contributed by atoms with Gasteiger partial charge in [-0.3, -0.25) is 4.79 Å². The smallest absolute Gasteiger partial charge is 0.465 e. The average molecular weight is 637 g/mol. The van der Waals surface area contributed by atoms with Crippen LogP contribution in [0.4, 0.5) is 4.79 Å². The van der Waals surface area contributed by atoms with Gasteiger partial charge in [0.2, 0.25) is 6.79 Å². The van der Waals surface area contributed by atoms with Crippen LogP contribution in [0, 0.1) is 5.92 Å². The zero-order chi connectivity index (χ0) is 33.6. The largest absolute Gasteiger partial charge is 0.513 e. The lowest BCUT2D eigenvalue weighted by Crippen LogP contribution is -2.14. The quantitative estimate of drug-likeness (QED) is 0.0444. The van der Waals surface area contributed by atoms with Gasteiger partial charge in [0.15, 0.2) is 0 Å². The van der Waals surface area contributed by atoms with Crippen molar-refractivity contribution in [2.75, 3.05) is 20.0 Å². The van der Waals surface area contributed by atoms with Gasteiger partial charge in [-0.2, -0.15) is 0 Å². The van der Waals surface area contributed by atoms with Gasteiger partial charge in [0, 0.05) is 0 Å². The highest BCUT2D eigenvalue weighted by atomic mass is 16.7. The van der Waals surface area contributed by atoms with E-state index in [0.717, 1.165) is 50.5 Å². The number of carbonyl (C=O) groups is 3. The van der Waals surface area contributed by atoms with E-state index >= 15 is 0 Å². The lowest BCUT2D eigenvalue weighted by Gasteiger charge is -2.10. The first-order valence-corrected chi connectivity index (χ1v) is 16.2. The summed E-state index contributed by atoms with van der Waals surface area (Å²) >= 11 is 0. The summed E-state index contributed by atoms with van der Waals surface area (Å²) in [6.07, 6.45) is 5.43. The van der Waals surface area contributed by atoms with Crippen molar-refractivity contribution in [1.29, 1.82) is 0 Å². The molecule has 0 bridgehead atoms. The van der Waals surface area contributed by atoms with Crippen LogP contribution in [0.15, 0.2) is 72.8 Å². The van der Waals surface area contributed by atoms with Crippen LogP contribution < -0.4 is 18.9 Å². The van der Waals surface area contributed by atoms with E-state index in [1.54, 1.807) is 60.7 Å². The van der Waals surface area contributed by atoms with Crippen molar-refractivity contribution in [3.8, 4) is 23.0 Å². The Morgan fingerprint density at radius 2 is 1.17 bits per heavy atom. The average Bonchev–Trinajstić information content (AvgIpc) is 3.08. The third-order valence-electron chi connectivity index (χ3n) is 6.79. The number of unbranched alkanes of at least 4 members (excludes halogenated alkanes) is 3. The Labute approximate surface area is 273 Å². The molecule has 0 saturated carbocycles. The van der Waals surface area contributed by atoms with Crippen LogP contribution in [0.3, 0.4) is 0 Å². The normalized spacial score (nSPS) is 10.9. The van der Waals surface area contributed by atoms with Crippen LogP contribution in [0.5, 0.6) is 23.0 Å². The molecule has 1 unspecified atom stereocenters. The summed E-state index contributed by atoms with van der Waals surface area (Å²) in [6.45, 7) is 10.6. The molecule has 0 saturated heterocycles. The van der Waals surface area contributed by atoms with E-state index in [1.807, 2.05) is 46.8 Å². The van der Waals surface area contributed by atoms with Gasteiger partial charge in [-0.1, -0.05) is 53.2 Å². The summed E-state index contributed by atoms with van der Waals surface area (Å²) < 4.78 is 32.0. The molecule has 0 amide bonds. The summed E-state index contributed by atoms with van der Waals surface area (Å²) in [5.41, 5.74) is 1.60. The van der Waals surface area contributed by atoms with Gasteiger partial charge in [0.05, 0.1) is 24.7 Å². The minimum Gasteiger partial charge on any atom is -0.465 e. The molecule has 0 spiro atoms. The molecule has 0 heterocycles. The Balaban J connectivity index is 0.00000361. The molecular weight excluding hydrogens is 588 g/mol. The first kappa shape index (κ1) is 37.7. The van der Waals surface area contributed by atoms with Gasteiger partial charge in [-0.05, 0) is 105 Å². The van der Waals surface area contributed by atoms with Crippen molar-refractivity contribution in [2.24, 2.45) is 5.92 Å². The zero-order valence-corrected chi connectivity index (χ0v) is 27.8. The van der Waals surface area contributed by atoms with Crippen molar-refractivity contribution in [2.45, 2.75) is 79.6 Å². The molecule has 0 fully saturated rings. The molecule has 0 aliphatic carbocycles. The standard InChI is InChI=1S/C35H42O9.C2H6/c1-4-6-23-40-35(38)44-32-21-17-30(18-22-32)42-25-41-29-15-19-31(20-16-29)43-34(37)28-13-11-27(12-14-28)10-8-7-9-24-39-33(36)26(3)5-2;1-2/h11-22,26H,4-10,23-25H2,1-3H3;1-2H3. The number of ether oxygens (including phenoxy) is 6. The Kier molecular flexibility index (Phi) is 18.1. The zero-order valence-electron chi connectivity index (χ0n) is 27.8. The SMILES string of the molecule is CC.CCCCOC(=O)Oc1ccc(OCOc2ccc(OC(=O)c3ccc(CCCCCOC(=O)C(C)CC)cc3)cc2)cc1. The minimum absolute atomic E-state index is 0.0452. The number of carbonyl (C=O) groups excluding carboxylic acids is 3. The van der Waals surface area contributed by atoms with E-state index in [-0.39, 0.29) is 18.7 Å². The molecular formula is C37H48O9. The second-order valence-electron chi connectivity index (χ2n) is 10.3. The Morgan fingerprint density at radius 1 is 0.630 bits per heavy atom. The summed E-state index contributed by atoms with van der Waals surface area (Å²) in [7, 11) is 0. The Morgan fingerprint density at radius 3 is 1.74 bits per heavy atom. The molecule has 250 valence electrons. The molecule has 1 atom stereocenters. The third kappa shape index (κ3) is 14.5. The molecule has 0 radical (unpaired) electrons. The Bertz CT molecular complexity index is 1290. The second kappa shape index (κ2) is 22.1. The van der Waals surface area contributed by atoms with Gasteiger partial charge < -0.3 is 28.4 Å². The van der Waals surface area contributed by atoms with E-state index in [4.69, 9.17) is 28.4 Å². The molecule has 3 aromatic rings. The summed E-state index contributed by atoms with van der Waals surface area (Å²) in [5.74, 6) is 1.20. The number of aryl methyl sites for hydroxylation is 1. The van der Waals surface area contributed by atoms with Crippen molar-refractivity contribution >= 4 is 18.1 Å². The fourth-order valence-electron chi connectivity index (χ4n) is 3.86. The van der Waals surface area contributed by atoms with Crippen molar-refractivity contribution in [1.82, 2.24) is 0 Å². The van der Waals surface area contributed by atoms with E-state index in [9.17, 15) is 14.4 Å². The maximum Gasteiger partial charge on any atom is 0.513 e. The van der Waals surface area contributed by atoms with Crippen molar-refractivity contribution in [3.63, 3.8) is 0 Å². The number of esters is 2. The van der Waals surface area contributed by atoms with Crippen LogP contribution in [0.1, 0.15) is 89.1 Å². The van der Waals surface area contributed by atoms with Crippen molar-refractivity contribution < 1.29 is 42.8 Å². The number of hydrogen-bond acceptors (Lipinski definition) is 9. The van der Waals surface area contributed by atoms with Crippen molar-refractivity contribution in [3.05, 3.63) is 83.9 Å². The highest BCUT2D eigenvalue weighted by Crippen LogP contribution is 2.21. The summed E-state index contributed by atoms with van der Waals surface area (Å²) in [6, 6.07) is 20.6. The molecule has 0 N–H and O–H groups in total. The number of hydrogen-bond donors (Lipinski definition) is 0. The fourth-order valence-corrected chi connectivity index (χ4v) is 3.86. The van der Waals surface area contributed by atoms with E-state index in [0.29, 0.717) is 41.8 Å². The lowest BCUT2D eigenvalue weighted by atomic mass is 10.1. The minimum atomic E-state index is -0.736. The van der Waals surface area contributed by atoms with Crippen LogP contribution in [-0.4, -0.2) is 38.1 Å². The fraction of sp³-hybridized carbons (Fsp3) is 0.432. The van der Waals surface area contributed by atoms with Crippen LogP contribution in [-0.2, 0) is 20.7 Å². The molecule has 9 nitrogen and oxygen atoms in total. The first-order chi connectivity index (χ1) is 22.4. The lowest BCUT2D eigenvalue weighted by molar-refractivity contribution is -0.148. The van der Waals surface area contributed by atoms with E-state index < -0.39 is 12.1 Å². The molecule has 3 aromatic carbocycles. The molecule has 46 heavy (non-hydrogen) atoms. The molecule has 9 heteroatoms. The predicted molar refractivity (Wildman–Crippen MR) is 177 cm³/mol. The summed E-state index contributed by atoms with van der Waals surface area (Å²) in [5, 5.41) is 0. The first-order valence-electron chi connectivity index (χ1n) is 16.2. The van der Waals surface area contributed by atoms with Gasteiger partial charge in [0.1, 0.15) is 23.0 Å². The molecule has 0 aliphatic rings. The predicted octanol–water partition coefficient (Wildman–Crippen LogP) is 8.96. The maximum atomic E-state index is 12.6. The number of rotatable bonds is 18. The van der Waals surface area contributed by atoms with Crippen LogP contribution in [0.25, 0.3) is 0 Å². The molecule has 0 aromatic heterocycles. The van der Waals surface area contributed by atoms with Gasteiger partial charge in [-0.15, -0.1) is 0 Å². The van der Waals surface area contributed by atoms with Gasteiger partial charge in [-0.25, -0.2) is 9.59 Å². The topological polar surface area (TPSA) is 107 Å². The monoisotopic (exact) mass is 636 g/mol. The van der Waals surface area contributed by atoms with Gasteiger partial charge in [0.25, 0.3) is 0 Å². The van der Waals surface area contributed by atoms with E-state index in [1.165, 1.54) is 0 Å². The van der Waals surface area contributed by atoms with Crippen LogP contribution >= 0.6 is 0 Å².